The van der Waals surface area contributed by atoms with Crippen LogP contribution in [0.3, 0.4) is 0 Å². The summed E-state index contributed by atoms with van der Waals surface area (Å²) in [6.07, 6.45) is 0. The topological polar surface area (TPSA) is 21.3 Å². The molecule has 2 rings (SSSR count). The molecule has 0 aromatic heterocycles. The van der Waals surface area contributed by atoms with E-state index < -0.39 is 5.82 Å². The van der Waals surface area contributed by atoms with E-state index >= 15 is 0 Å². The number of hydrogen-bond acceptors (Lipinski definition) is 2. The molecule has 1 aromatic rings. The van der Waals surface area contributed by atoms with E-state index in [0.29, 0.717) is 18.0 Å². The number of fused-ring (bicyclic) bond motifs is 1. The molecule has 4 heteroatoms. The first-order chi connectivity index (χ1) is 6.48. The van der Waals surface area contributed by atoms with Gasteiger partial charge in [0.25, 0.3) is 0 Å². The largest absolute Gasteiger partial charge is 0.484 e. The molecule has 0 saturated carbocycles. The molecule has 1 heterocycles. The van der Waals surface area contributed by atoms with Crippen molar-refractivity contribution in [2.75, 3.05) is 11.9 Å². The van der Waals surface area contributed by atoms with E-state index in [1.54, 1.807) is 0 Å². The van der Waals surface area contributed by atoms with Crippen LogP contribution in [0.5, 0.6) is 5.75 Å². The van der Waals surface area contributed by atoms with Gasteiger partial charge in [0.15, 0.2) is 0 Å². The Hall–Kier alpha value is -0.960. The van der Waals surface area contributed by atoms with Crippen LogP contribution >= 0.6 is 11.6 Å². The summed E-state index contributed by atoms with van der Waals surface area (Å²) in [6.45, 7) is 4.57. The van der Waals surface area contributed by atoms with Gasteiger partial charge in [0.1, 0.15) is 17.2 Å². The fraction of sp³-hybridized carbons (Fsp3) is 0.400. The molecule has 0 saturated heterocycles. The van der Waals surface area contributed by atoms with Crippen molar-refractivity contribution in [3.05, 3.63) is 23.0 Å². The Balaban J connectivity index is 2.43. The molecule has 0 fully saturated rings. The van der Waals surface area contributed by atoms with E-state index in [-0.39, 0.29) is 10.6 Å². The maximum atomic E-state index is 13.1. The minimum Gasteiger partial charge on any atom is -0.484 e. The summed E-state index contributed by atoms with van der Waals surface area (Å²) in [5.41, 5.74) is 0.375. The normalized spacial score (nSPS) is 18.0. The number of rotatable bonds is 0. The van der Waals surface area contributed by atoms with Crippen LogP contribution in [0.15, 0.2) is 12.1 Å². The molecule has 14 heavy (non-hydrogen) atoms. The van der Waals surface area contributed by atoms with Gasteiger partial charge in [-0.15, -0.1) is 0 Å². The lowest BCUT2D eigenvalue weighted by molar-refractivity contribution is 0.116. The van der Waals surface area contributed by atoms with E-state index in [2.05, 4.69) is 5.32 Å². The molecular weight excluding hydrogens is 205 g/mol. The average Bonchev–Trinajstić information content (AvgIpc) is 2.07. The highest BCUT2D eigenvalue weighted by Gasteiger charge is 2.27. The minimum atomic E-state index is -0.429. The van der Waals surface area contributed by atoms with Crippen molar-refractivity contribution in [3.8, 4) is 5.75 Å². The van der Waals surface area contributed by atoms with E-state index in [4.69, 9.17) is 16.3 Å². The molecule has 0 bridgehead atoms. The van der Waals surface area contributed by atoms with Gasteiger partial charge in [0.2, 0.25) is 0 Å². The highest BCUT2D eigenvalue weighted by molar-refractivity contribution is 6.31. The lowest BCUT2D eigenvalue weighted by atomic mass is 10.1. The van der Waals surface area contributed by atoms with Gasteiger partial charge in [-0.2, -0.15) is 0 Å². The molecule has 0 spiro atoms. The van der Waals surface area contributed by atoms with Crippen molar-refractivity contribution >= 4 is 17.3 Å². The van der Waals surface area contributed by atoms with Gasteiger partial charge in [0.05, 0.1) is 17.3 Å². The fourth-order valence-electron chi connectivity index (χ4n) is 1.39. The quantitative estimate of drug-likeness (QED) is 0.718. The summed E-state index contributed by atoms with van der Waals surface area (Å²) in [5.74, 6) is 0.175. The summed E-state index contributed by atoms with van der Waals surface area (Å²) in [7, 11) is 0. The Labute approximate surface area is 87.0 Å². The Morgan fingerprint density at radius 2 is 2.21 bits per heavy atom. The van der Waals surface area contributed by atoms with Gasteiger partial charge >= 0.3 is 0 Å². The van der Waals surface area contributed by atoms with Gasteiger partial charge in [-0.1, -0.05) is 11.6 Å². The molecule has 0 unspecified atom stereocenters. The van der Waals surface area contributed by atoms with Crippen LogP contribution in [-0.4, -0.2) is 12.1 Å². The molecule has 1 N–H and O–H groups in total. The third-order valence-electron chi connectivity index (χ3n) is 2.11. The third-order valence-corrected chi connectivity index (χ3v) is 2.40. The first-order valence-corrected chi connectivity index (χ1v) is 4.78. The predicted octanol–water partition coefficient (Wildman–Crippen LogP) is 3.06. The third kappa shape index (κ3) is 1.64. The van der Waals surface area contributed by atoms with Crippen LogP contribution in [0.25, 0.3) is 0 Å². The first kappa shape index (κ1) is 9.59. The summed E-state index contributed by atoms with van der Waals surface area (Å²) in [6, 6.07) is 2.85. The average molecular weight is 216 g/mol. The lowest BCUT2D eigenvalue weighted by Gasteiger charge is -2.33. The number of ether oxygens (including phenoxy) is 1. The zero-order valence-corrected chi connectivity index (χ0v) is 8.78. The van der Waals surface area contributed by atoms with Crippen LogP contribution in [0.4, 0.5) is 10.1 Å². The van der Waals surface area contributed by atoms with Crippen molar-refractivity contribution in [1.82, 2.24) is 0 Å². The van der Waals surface area contributed by atoms with Crippen molar-refractivity contribution < 1.29 is 9.13 Å². The summed E-state index contributed by atoms with van der Waals surface area (Å²) in [4.78, 5) is 0. The Kier molecular flexibility index (Phi) is 2.07. The molecule has 0 radical (unpaired) electrons. The van der Waals surface area contributed by atoms with Crippen molar-refractivity contribution in [3.63, 3.8) is 0 Å². The van der Waals surface area contributed by atoms with Crippen LogP contribution in [0.1, 0.15) is 13.8 Å². The zero-order valence-electron chi connectivity index (χ0n) is 8.03. The maximum Gasteiger partial charge on any atom is 0.145 e. The molecule has 1 aliphatic rings. The second-order valence-electron chi connectivity index (χ2n) is 3.98. The zero-order chi connectivity index (χ0) is 10.3. The summed E-state index contributed by atoms with van der Waals surface area (Å²) >= 11 is 5.66. The number of benzene rings is 1. The van der Waals surface area contributed by atoms with Gasteiger partial charge in [-0.05, 0) is 13.8 Å². The molecule has 2 nitrogen and oxygen atoms in total. The van der Waals surface area contributed by atoms with Crippen LogP contribution in [0, 0.1) is 5.82 Å². The van der Waals surface area contributed by atoms with Crippen molar-refractivity contribution in [2.24, 2.45) is 0 Å². The predicted molar refractivity (Wildman–Crippen MR) is 54.6 cm³/mol. The first-order valence-electron chi connectivity index (χ1n) is 4.40. The van der Waals surface area contributed by atoms with Crippen LogP contribution in [0.2, 0.25) is 5.02 Å². The number of anilines is 1. The molecule has 0 aliphatic carbocycles. The summed E-state index contributed by atoms with van der Waals surface area (Å²) in [5, 5.41) is 3.18. The number of hydrogen-bond donors (Lipinski definition) is 1. The Morgan fingerprint density at radius 1 is 1.50 bits per heavy atom. The monoisotopic (exact) mass is 215 g/mol. The second kappa shape index (κ2) is 3.02. The molecule has 0 atom stereocenters. The smallest absolute Gasteiger partial charge is 0.145 e. The van der Waals surface area contributed by atoms with Crippen LogP contribution < -0.4 is 10.1 Å². The molecule has 1 aliphatic heterocycles. The highest BCUT2D eigenvalue weighted by Crippen LogP contribution is 2.36. The Bertz CT molecular complexity index is 379. The molecule has 0 amide bonds. The lowest BCUT2D eigenvalue weighted by Crippen LogP contribution is -2.40. The molecule has 76 valence electrons. The van der Waals surface area contributed by atoms with Crippen molar-refractivity contribution in [1.29, 1.82) is 0 Å². The van der Waals surface area contributed by atoms with E-state index in [1.165, 1.54) is 12.1 Å². The number of nitrogens with one attached hydrogen (secondary N) is 1. The van der Waals surface area contributed by atoms with Gasteiger partial charge in [-0.3, -0.25) is 0 Å². The fourth-order valence-corrected chi connectivity index (χ4v) is 1.55. The maximum absolute atomic E-state index is 13.1. The van der Waals surface area contributed by atoms with E-state index in [9.17, 15) is 4.39 Å². The van der Waals surface area contributed by atoms with E-state index in [0.717, 1.165) is 0 Å². The van der Waals surface area contributed by atoms with Crippen molar-refractivity contribution in [2.45, 2.75) is 19.4 Å². The molecular formula is C10H11ClFNO. The second-order valence-corrected chi connectivity index (χ2v) is 4.38. The highest BCUT2D eigenvalue weighted by atomic mass is 35.5. The standard InChI is InChI=1S/C10H11ClFNO/c1-10(2)5-13-8-4-7(12)6(11)3-9(8)14-10/h3-4,13H,5H2,1-2H3. The van der Waals surface area contributed by atoms with Gasteiger partial charge in [-0.25, -0.2) is 4.39 Å². The Morgan fingerprint density at radius 3 is 2.93 bits per heavy atom. The van der Waals surface area contributed by atoms with E-state index in [1.807, 2.05) is 13.8 Å². The van der Waals surface area contributed by atoms with Crippen LogP contribution in [-0.2, 0) is 0 Å². The summed E-state index contributed by atoms with van der Waals surface area (Å²) < 4.78 is 18.7. The SMILES string of the molecule is CC1(C)CNc2cc(F)c(Cl)cc2O1. The van der Waals surface area contributed by atoms with Gasteiger partial charge < -0.3 is 10.1 Å². The minimum absolute atomic E-state index is 0.0863. The number of halogens is 2. The molecule has 1 aromatic carbocycles. The van der Waals surface area contributed by atoms with Gasteiger partial charge in [0, 0.05) is 12.1 Å².